The molecule has 1 N–H and O–H groups in total. The van der Waals surface area contributed by atoms with Gasteiger partial charge in [0.25, 0.3) is 0 Å². The molecule has 1 aromatic carbocycles. The van der Waals surface area contributed by atoms with E-state index in [0.717, 1.165) is 0 Å². The maximum absolute atomic E-state index is 12.4. The standard InChI is InChI=1S/C15H10ClN3O3/c1-22-9-4-2-3-8(7-9)19-11-10(16)14(20)12-13(15(11)21)18-6-5-17-12/h2-7,19H,1H3. The van der Waals surface area contributed by atoms with E-state index in [1.54, 1.807) is 24.3 Å². The number of ketones is 2. The van der Waals surface area contributed by atoms with Gasteiger partial charge in [-0.3, -0.25) is 9.59 Å². The first-order chi connectivity index (χ1) is 10.6. The Morgan fingerprint density at radius 1 is 1.09 bits per heavy atom. The van der Waals surface area contributed by atoms with Crippen LogP contribution in [0.5, 0.6) is 5.75 Å². The first kappa shape index (κ1) is 14.2. The SMILES string of the molecule is COc1cccc(NC2=C(Cl)C(=O)c3nccnc3C2=O)c1. The molecule has 0 aliphatic heterocycles. The first-order valence-corrected chi connectivity index (χ1v) is 6.71. The van der Waals surface area contributed by atoms with E-state index in [4.69, 9.17) is 16.3 Å². The van der Waals surface area contributed by atoms with E-state index in [2.05, 4.69) is 15.3 Å². The van der Waals surface area contributed by atoms with Crippen molar-refractivity contribution >= 4 is 28.9 Å². The number of methoxy groups -OCH3 is 1. The maximum Gasteiger partial charge on any atom is 0.231 e. The number of benzene rings is 1. The van der Waals surface area contributed by atoms with Crippen LogP contribution in [0.15, 0.2) is 47.4 Å². The predicted octanol–water partition coefficient (Wildman–Crippen LogP) is 2.43. The fourth-order valence-electron chi connectivity index (χ4n) is 2.06. The van der Waals surface area contributed by atoms with E-state index in [1.807, 2.05) is 0 Å². The Balaban J connectivity index is 2.01. The highest BCUT2D eigenvalue weighted by molar-refractivity contribution is 6.49. The van der Waals surface area contributed by atoms with Gasteiger partial charge in [0.05, 0.1) is 7.11 Å². The number of aromatic nitrogens is 2. The van der Waals surface area contributed by atoms with Gasteiger partial charge in [0, 0.05) is 24.1 Å². The Morgan fingerprint density at radius 2 is 1.77 bits per heavy atom. The number of Topliss-reactive ketones (excluding diaryl/α,β-unsaturated/α-hetero) is 2. The summed E-state index contributed by atoms with van der Waals surface area (Å²) in [5.41, 5.74) is 0.505. The van der Waals surface area contributed by atoms with E-state index in [-0.39, 0.29) is 22.1 Å². The molecule has 1 aromatic heterocycles. The Morgan fingerprint density at radius 3 is 2.45 bits per heavy atom. The highest BCUT2D eigenvalue weighted by atomic mass is 35.5. The number of hydrogen-bond acceptors (Lipinski definition) is 6. The number of fused-ring (bicyclic) bond motifs is 1. The fraction of sp³-hybridized carbons (Fsp3) is 0.0667. The van der Waals surface area contributed by atoms with Crippen LogP contribution in [0.2, 0.25) is 0 Å². The van der Waals surface area contributed by atoms with Crippen molar-refractivity contribution < 1.29 is 14.3 Å². The van der Waals surface area contributed by atoms with Crippen molar-refractivity contribution in [1.82, 2.24) is 9.97 Å². The van der Waals surface area contributed by atoms with Crippen LogP contribution >= 0.6 is 11.6 Å². The summed E-state index contributed by atoms with van der Waals surface area (Å²) in [5.74, 6) is -0.401. The highest BCUT2D eigenvalue weighted by Crippen LogP contribution is 2.28. The summed E-state index contributed by atoms with van der Waals surface area (Å²) in [6, 6.07) is 6.92. The number of anilines is 1. The van der Waals surface area contributed by atoms with E-state index in [9.17, 15) is 9.59 Å². The fourth-order valence-corrected chi connectivity index (χ4v) is 2.29. The van der Waals surface area contributed by atoms with Gasteiger partial charge in [0.1, 0.15) is 27.9 Å². The van der Waals surface area contributed by atoms with Crippen molar-refractivity contribution in [1.29, 1.82) is 0 Å². The van der Waals surface area contributed by atoms with Gasteiger partial charge in [-0.2, -0.15) is 0 Å². The van der Waals surface area contributed by atoms with Crippen LogP contribution in [0.4, 0.5) is 5.69 Å². The molecule has 110 valence electrons. The van der Waals surface area contributed by atoms with Crippen LogP contribution in [0, 0.1) is 0 Å². The number of hydrogen-bond donors (Lipinski definition) is 1. The van der Waals surface area contributed by atoms with Gasteiger partial charge in [-0.05, 0) is 12.1 Å². The number of halogens is 1. The molecule has 1 heterocycles. The van der Waals surface area contributed by atoms with Gasteiger partial charge < -0.3 is 10.1 Å². The topological polar surface area (TPSA) is 81.2 Å². The average molecular weight is 316 g/mol. The van der Waals surface area contributed by atoms with Crippen LogP contribution in [-0.4, -0.2) is 28.6 Å². The molecule has 0 unspecified atom stereocenters. The second-order valence-corrected chi connectivity index (χ2v) is 4.84. The first-order valence-electron chi connectivity index (χ1n) is 6.33. The third-order valence-electron chi connectivity index (χ3n) is 3.11. The lowest BCUT2D eigenvalue weighted by Crippen LogP contribution is -2.26. The third-order valence-corrected chi connectivity index (χ3v) is 3.47. The molecule has 2 aromatic rings. The lowest BCUT2D eigenvalue weighted by atomic mass is 10.0. The molecule has 0 saturated carbocycles. The molecule has 0 fully saturated rings. The minimum Gasteiger partial charge on any atom is -0.497 e. The molecule has 0 spiro atoms. The average Bonchev–Trinajstić information content (AvgIpc) is 2.57. The van der Waals surface area contributed by atoms with Gasteiger partial charge in [-0.25, -0.2) is 9.97 Å². The molecule has 6 nitrogen and oxygen atoms in total. The Hall–Kier alpha value is -2.73. The summed E-state index contributed by atoms with van der Waals surface area (Å²) < 4.78 is 5.11. The van der Waals surface area contributed by atoms with Gasteiger partial charge >= 0.3 is 0 Å². The Labute approximate surface area is 130 Å². The molecule has 3 rings (SSSR count). The molecular formula is C15H10ClN3O3. The lowest BCUT2D eigenvalue weighted by molar-refractivity contribution is 0.0974. The molecule has 7 heteroatoms. The van der Waals surface area contributed by atoms with Crippen molar-refractivity contribution in [2.24, 2.45) is 0 Å². The van der Waals surface area contributed by atoms with Gasteiger partial charge in [0.2, 0.25) is 11.6 Å². The maximum atomic E-state index is 12.4. The van der Waals surface area contributed by atoms with Gasteiger partial charge in [-0.1, -0.05) is 17.7 Å². The number of nitrogens with one attached hydrogen (secondary N) is 1. The molecule has 0 atom stereocenters. The summed E-state index contributed by atoms with van der Waals surface area (Å²) >= 11 is 6.03. The Bertz CT molecular complexity index is 817. The number of allylic oxidation sites excluding steroid dienone is 2. The highest BCUT2D eigenvalue weighted by Gasteiger charge is 2.33. The quantitative estimate of drug-likeness (QED) is 0.937. The van der Waals surface area contributed by atoms with Crippen LogP contribution in [0.3, 0.4) is 0 Å². The Kier molecular flexibility index (Phi) is 3.60. The minimum atomic E-state index is -0.533. The molecule has 0 bridgehead atoms. The molecular weight excluding hydrogens is 306 g/mol. The zero-order valence-corrected chi connectivity index (χ0v) is 12.2. The number of carbonyl (C=O) groups is 2. The lowest BCUT2D eigenvalue weighted by Gasteiger charge is -2.17. The van der Waals surface area contributed by atoms with Crippen LogP contribution < -0.4 is 10.1 Å². The van der Waals surface area contributed by atoms with Crippen LogP contribution in [0.25, 0.3) is 0 Å². The molecule has 0 saturated heterocycles. The van der Waals surface area contributed by atoms with Crippen LogP contribution in [-0.2, 0) is 0 Å². The predicted molar refractivity (Wildman–Crippen MR) is 80.2 cm³/mol. The molecule has 1 aliphatic rings. The van der Waals surface area contributed by atoms with E-state index in [1.165, 1.54) is 19.5 Å². The number of rotatable bonds is 3. The van der Waals surface area contributed by atoms with Crippen molar-refractivity contribution in [3.63, 3.8) is 0 Å². The van der Waals surface area contributed by atoms with E-state index >= 15 is 0 Å². The zero-order chi connectivity index (χ0) is 15.7. The largest absolute Gasteiger partial charge is 0.497 e. The summed E-state index contributed by atoms with van der Waals surface area (Å²) in [5, 5.41) is 2.65. The summed E-state index contributed by atoms with van der Waals surface area (Å²) in [6.07, 6.45) is 2.70. The van der Waals surface area contributed by atoms with Gasteiger partial charge in [0.15, 0.2) is 0 Å². The third kappa shape index (κ3) is 2.33. The molecule has 22 heavy (non-hydrogen) atoms. The second-order valence-electron chi connectivity index (χ2n) is 4.46. The van der Waals surface area contributed by atoms with E-state index < -0.39 is 11.6 Å². The summed E-state index contributed by atoms with van der Waals surface area (Å²) in [6.45, 7) is 0. The molecule has 0 amide bonds. The zero-order valence-electron chi connectivity index (χ0n) is 11.5. The monoisotopic (exact) mass is 315 g/mol. The van der Waals surface area contributed by atoms with Crippen molar-refractivity contribution in [3.05, 3.63) is 58.8 Å². The summed E-state index contributed by atoms with van der Waals surface area (Å²) in [4.78, 5) is 32.4. The number of carbonyl (C=O) groups excluding carboxylic acids is 2. The van der Waals surface area contributed by atoms with Crippen molar-refractivity contribution in [2.75, 3.05) is 12.4 Å². The van der Waals surface area contributed by atoms with E-state index in [0.29, 0.717) is 11.4 Å². The summed E-state index contributed by atoms with van der Waals surface area (Å²) in [7, 11) is 1.53. The molecule has 0 radical (unpaired) electrons. The smallest absolute Gasteiger partial charge is 0.231 e. The molecule has 1 aliphatic carbocycles. The normalized spacial score (nSPS) is 13.9. The number of nitrogens with zero attached hydrogens (tertiary/aromatic N) is 2. The second kappa shape index (κ2) is 5.57. The van der Waals surface area contributed by atoms with Gasteiger partial charge in [-0.15, -0.1) is 0 Å². The van der Waals surface area contributed by atoms with Crippen molar-refractivity contribution in [2.45, 2.75) is 0 Å². The van der Waals surface area contributed by atoms with Crippen LogP contribution in [0.1, 0.15) is 21.0 Å². The number of ether oxygens (including phenoxy) is 1. The van der Waals surface area contributed by atoms with Crippen molar-refractivity contribution in [3.8, 4) is 5.75 Å². The minimum absolute atomic E-state index is 0.0118.